The van der Waals surface area contributed by atoms with Crippen molar-refractivity contribution in [2.75, 3.05) is 0 Å². The molecule has 1 heterocycles. The third-order valence-electron chi connectivity index (χ3n) is 4.48. The molecule has 3 amide bonds. The second-order valence-electron chi connectivity index (χ2n) is 6.14. The Bertz CT molecular complexity index is 602. The summed E-state index contributed by atoms with van der Waals surface area (Å²) in [5, 5.41) is 2.93. The quantitative estimate of drug-likeness (QED) is 0.846. The Morgan fingerprint density at radius 1 is 1.23 bits per heavy atom. The largest absolute Gasteiger partial charge is 0.352 e. The van der Waals surface area contributed by atoms with Gasteiger partial charge in [0.25, 0.3) is 11.8 Å². The van der Waals surface area contributed by atoms with Crippen molar-refractivity contribution in [3.8, 4) is 0 Å². The summed E-state index contributed by atoms with van der Waals surface area (Å²) in [6, 6.07) is 6.21. The van der Waals surface area contributed by atoms with Crippen LogP contribution < -0.4 is 5.32 Å². The number of nitrogens with zero attached hydrogens (tertiary/aromatic N) is 1. The van der Waals surface area contributed by atoms with Crippen LogP contribution in [0, 0.1) is 5.92 Å². The van der Waals surface area contributed by atoms with Crippen LogP contribution in [0.2, 0.25) is 0 Å². The molecule has 0 radical (unpaired) electrons. The van der Waals surface area contributed by atoms with E-state index in [-0.39, 0.29) is 29.7 Å². The highest BCUT2D eigenvalue weighted by atomic mass is 16.2. The number of imide groups is 1. The van der Waals surface area contributed by atoms with Gasteiger partial charge in [-0.05, 0) is 30.9 Å². The molecule has 0 spiro atoms. The maximum absolute atomic E-state index is 12.6. The lowest BCUT2D eigenvalue weighted by Crippen LogP contribution is -2.53. The first kappa shape index (κ1) is 14.8. The van der Waals surface area contributed by atoms with Crippen LogP contribution in [0.1, 0.15) is 53.8 Å². The number of rotatable bonds is 5. The topological polar surface area (TPSA) is 66.5 Å². The summed E-state index contributed by atoms with van der Waals surface area (Å²) in [6.45, 7) is 3.86. The van der Waals surface area contributed by atoms with Crippen molar-refractivity contribution in [2.45, 2.75) is 45.2 Å². The molecule has 22 heavy (non-hydrogen) atoms. The summed E-state index contributed by atoms with van der Waals surface area (Å²) >= 11 is 0. The Morgan fingerprint density at radius 3 is 2.23 bits per heavy atom. The smallest absolute Gasteiger partial charge is 0.262 e. The molecule has 5 nitrogen and oxygen atoms in total. The Balaban J connectivity index is 1.93. The van der Waals surface area contributed by atoms with Gasteiger partial charge in [0.1, 0.15) is 6.04 Å². The van der Waals surface area contributed by atoms with Gasteiger partial charge in [-0.15, -0.1) is 0 Å². The molecule has 2 atom stereocenters. The van der Waals surface area contributed by atoms with E-state index in [0.717, 1.165) is 24.2 Å². The van der Waals surface area contributed by atoms with Gasteiger partial charge in [0.05, 0.1) is 11.1 Å². The molecule has 1 aliphatic carbocycles. The van der Waals surface area contributed by atoms with E-state index in [4.69, 9.17) is 0 Å². The number of carbonyl (C=O) groups is 3. The average molecular weight is 300 g/mol. The zero-order chi connectivity index (χ0) is 15.9. The van der Waals surface area contributed by atoms with E-state index in [2.05, 4.69) is 5.32 Å². The van der Waals surface area contributed by atoms with Gasteiger partial charge in [-0.1, -0.05) is 32.4 Å². The Kier molecular flexibility index (Phi) is 3.72. The lowest BCUT2D eigenvalue weighted by molar-refractivity contribution is -0.126. The van der Waals surface area contributed by atoms with Crippen LogP contribution in [0.4, 0.5) is 0 Å². The minimum absolute atomic E-state index is 0.0824. The highest BCUT2D eigenvalue weighted by Crippen LogP contribution is 2.29. The van der Waals surface area contributed by atoms with E-state index in [1.54, 1.807) is 24.3 Å². The Hall–Kier alpha value is -2.17. The third-order valence-corrected chi connectivity index (χ3v) is 4.48. The molecule has 5 heteroatoms. The summed E-state index contributed by atoms with van der Waals surface area (Å²) in [6.07, 6.45) is 2.67. The van der Waals surface area contributed by atoms with Gasteiger partial charge in [-0.3, -0.25) is 19.3 Å². The maximum atomic E-state index is 12.6. The van der Waals surface area contributed by atoms with Crippen LogP contribution in [0.5, 0.6) is 0 Å². The fourth-order valence-corrected chi connectivity index (χ4v) is 2.83. The van der Waals surface area contributed by atoms with Crippen LogP contribution in [-0.4, -0.2) is 34.7 Å². The zero-order valence-electron chi connectivity index (χ0n) is 12.8. The van der Waals surface area contributed by atoms with Gasteiger partial charge < -0.3 is 5.32 Å². The van der Waals surface area contributed by atoms with Crippen molar-refractivity contribution >= 4 is 17.7 Å². The summed E-state index contributed by atoms with van der Waals surface area (Å²) < 4.78 is 0. The molecule has 1 saturated carbocycles. The lowest BCUT2D eigenvalue weighted by Gasteiger charge is -2.29. The molecular weight excluding hydrogens is 280 g/mol. The minimum Gasteiger partial charge on any atom is -0.352 e. The monoisotopic (exact) mass is 300 g/mol. The SMILES string of the molecule is CCC(C)C(C(=O)NC1CC1)N1C(=O)c2ccccc2C1=O. The molecule has 1 N–H and O–H groups in total. The standard InChI is InChI=1S/C17H20N2O3/c1-3-10(2)14(15(20)18-11-8-9-11)19-16(21)12-6-4-5-7-13(12)17(19)22/h4-7,10-11,14H,3,8-9H2,1-2H3,(H,18,20). The molecular formula is C17H20N2O3. The highest BCUT2D eigenvalue weighted by molar-refractivity contribution is 6.22. The van der Waals surface area contributed by atoms with E-state index in [0.29, 0.717) is 11.1 Å². The van der Waals surface area contributed by atoms with E-state index in [1.807, 2.05) is 13.8 Å². The van der Waals surface area contributed by atoms with Gasteiger partial charge >= 0.3 is 0 Å². The minimum atomic E-state index is -0.738. The molecule has 3 rings (SSSR count). The van der Waals surface area contributed by atoms with Crippen LogP contribution in [-0.2, 0) is 4.79 Å². The van der Waals surface area contributed by atoms with E-state index < -0.39 is 6.04 Å². The molecule has 1 fully saturated rings. The zero-order valence-corrected chi connectivity index (χ0v) is 12.8. The second kappa shape index (κ2) is 5.55. The van der Waals surface area contributed by atoms with Gasteiger partial charge in [-0.25, -0.2) is 0 Å². The van der Waals surface area contributed by atoms with E-state index in [1.165, 1.54) is 0 Å². The lowest BCUT2D eigenvalue weighted by atomic mass is 9.96. The van der Waals surface area contributed by atoms with Crippen molar-refractivity contribution in [2.24, 2.45) is 5.92 Å². The summed E-state index contributed by atoms with van der Waals surface area (Å²) in [5.41, 5.74) is 0.778. The Labute approximate surface area is 129 Å². The molecule has 1 aromatic carbocycles. The summed E-state index contributed by atoms with van der Waals surface area (Å²) in [4.78, 5) is 38.9. The average Bonchev–Trinajstić information content (AvgIpc) is 3.30. The van der Waals surface area contributed by atoms with Crippen LogP contribution in [0.3, 0.4) is 0 Å². The molecule has 116 valence electrons. The van der Waals surface area contributed by atoms with Crippen molar-refractivity contribution in [3.63, 3.8) is 0 Å². The van der Waals surface area contributed by atoms with Crippen LogP contribution in [0.25, 0.3) is 0 Å². The third kappa shape index (κ3) is 2.40. The van der Waals surface area contributed by atoms with Crippen molar-refractivity contribution in [3.05, 3.63) is 35.4 Å². The second-order valence-corrected chi connectivity index (χ2v) is 6.14. The summed E-state index contributed by atoms with van der Waals surface area (Å²) in [7, 11) is 0. The number of amides is 3. The van der Waals surface area contributed by atoms with Gasteiger partial charge in [-0.2, -0.15) is 0 Å². The molecule has 2 unspecified atom stereocenters. The molecule has 1 aliphatic heterocycles. The predicted molar refractivity (Wildman–Crippen MR) is 81.3 cm³/mol. The first-order valence-electron chi connectivity index (χ1n) is 7.82. The molecule has 0 bridgehead atoms. The van der Waals surface area contributed by atoms with Crippen LogP contribution in [0.15, 0.2) is 24.3 Å². The predicted octanol–water partition coefficient (Wildman–Crippen LogP) is 1.98. The van der Waals surface area contributed by atoms with E-state index in [9.17, 15) is 14.4 Å². The fraction of sp³-hybridized carbons (Fsp3) is 0.471. The van der Waals surface area contributed by atoms with Gasteiger partial charge in [0, 0.05) is 6.04 Å². The van der Waals surface area contributed by atoms with Crippen molar-refractivity contribution < 1.29 is 14.4 Å². The number of carbonyl (C=O) groups excluding carboxylic acids is 3. The number of hydrogen-bond acceptors (Lipinski definition) is 3. The van der Waals surface area contributed by atoms with Crippen molar-refractivity contribution in [1.82, 2.24) is 10.2 Å². The van der Waals surface area contributed by atoms with Crippen LogP contribution >= 0.6 is 0 Å². The number of benzene rings is 1. The first-order chi connectivity index (χ1) is 10.5. The number of nitrogens with one attached hydrogen (secondary N) is 1. The van der Waals surface area contributed by atoms with Gasteiger partial charge in [0.15, 0.2) is 0 Å². The number of fused-ring (bicyclic) bond motifs is 1. The first-order valence-corrected chi connectivity index (χ1v) is 7.82. The summed E-state index contributed by atoms with van der Waals surface area (Å²) in [5.74, 6) is -1.03. The Morgan fingerprint density at radius 2 is 1.77 bits per heavy atom. The van der Waals surface area contributed by atoms with Crippen molar-refractivity contribution in [1.29, 1.82) is 0 Å². The highest BCUT2D eigenvalue weighted by Gasteiger charge is 2.45. The molecule has 0 aromatic heterocycles. The molecule has 0 saturated heterocycles. The normalized spacial score (nSPS) is 19.8. The number of hydrogen-bond donors (Lipinski definition) is 1. The van der Waals surface area contributed by atoms with Gasteiger partial charge in [0.2, 0.25) is 5.91 Å². The van der Waals surface area contributed by atoms with E-state index >= 15 is 0 Å². The fourth-order valence-electron chi connectivity index (χ4n) is 2.83. The molecule has 1 aromatic rings. The maximum Gasteiger partial charge on any atom is 0.262 e. The molecule has 2 aliphatic rings.